The summed E-state index contributed by atoms with van der Waals surface area (Å²) in [6, 6.07) is 12.8. The van der Waals surface area contributed by atoms with Crippen LogP contribution < -0.4 is 5.32 Å². The Bertz CT molecular complexity index is 745. The number of nitrogens with zero attached hydrogens (tertiary/aromatic N) is 2. The van der Waals surface area contributed by atoms with E-state index in [1.807, 2.05) is 17.7 Å². The van der Waals surface area contributed by atoms with Crippen LogP contribution in [0.3, 0.4) is 0 Å². The van der Waals surface area contributed by atoms with E-state index in [1.54, 1.807) is 0 Å². The Balaban J connectivity index is 1.83. The van der Waals surface area contributed by atoms with Gasteiger partial charge in [0.2, 0.25) is 0 Å². The van der Waals surface area contributed by atoms with Crippen LogP contribution in [0, 0.1) is 0 Å². The lowest BCUT2D eigenvalue weighted by Gasteiger charge is -2.26. The van der Waals surface area contributed by atoms with Gasteiger partial charge in [0.15, 0.2) is 0 Å². The van der Waals surface area contributed by atoms with Crippen LogP contribution in [-0.4, -0.2) is 35.5 Å². The van der Waals surface area contributed by atoms with Gasteiger partial charge in [0, 0.05) is 23.3 Å². The van der Waals surface area contributed by atoms with Crippen LogP contribution in [0.5, 0.6) is 0 Å². The molecule has 0 bridgehead atoms. The average molecular weight is 418 g/mol. The molecule has 1 aromatic carbocycles. The fraction of sp³-hybridized carbons (Fsp3) is 0.476. The predicted octanol–water partition coefficient (Wildman–Crippen LogP) is 4.50. The van der Waals surface area contributed by atoms with Gasteiger partial charge in [-0.05, 0) is 56.8 Å². The van der Waals surface area contributed by atoms with Gasteiger partial charge in [0.05, 0.1) is 6.04 Å². The second kappa shape index (κ2) is 8.40. The molecule has 0 saturated heterocycles. The standard InChI is InChI=1S/C21H28BrN3O/c1-24(2)20(15-9-11-16(22)12-10-15)18-13-14-19(25(18)3)21(26)23-17-7-5-4-6-8-17/h9-14,17,20H,4-8H2,1-3H3,(H,23,26). The van der Waals surface area contributed by atoms with Crippen LogP contribution in [-0.2, 0) is 7.05 Å². The van der Waals surface area contributed by atoms with E-state index < -0.39 is 0 Å². The van der Waals surface area contributed by atoms with Gasteiger partial charge in [-0.25, -0.2) is 0 Å². The Labute approximate surface area is 164 Å². The minimum atomic E-state index is 0.0407. The second-order valence-corrected chi connectivity index (χ2v) is 8.34. The summed E-state index contributed by atoms with van der Waals surface area (Å²) >= 11 is 3.50. The van der Waals surface area contributed by atoms with Crippen LogP contribution in [0.25, 0.3) is 0 Å². The molecule has 26 heavy (non-hydrogen) atoms. The summed E-state index contributed by atoms with van der Waals surface area (Å²) in [7, 11) is 6.13. The Morgan fingerprint density at radius 3 is 2.38 bits per heavy atom. The summed E-state index contributed by atoms with van der Waals surface area (Å²) in [5.74, 6) is 0.0407. The zero-order chi connectivity index (χ0) is 18.7. The summed E-state index contributed by atoms with van der Waals surface area (Å²) < 4.78 is 3.10. The average Bonchev–Trinajstić information content (AvgIpc) is 2.99. The highest BCUT2D eigenvalue weighted by Gasteiger charge is 2.24. The van der Waals surface area contributed by atoms with Gasteiger partial charge in [-0.1, -0.05) is 47.3 Å². The third kappa shape index (κ3) is 4.21. The van der Waals surface area contributed by atoms with E-state index in [1.165, 1.54) is 24.8 Å². The van der Waals surface area contributed by atoms with E-state index >= 15 is 0 Å². The quantitative estimate of drug-likeness (QED) is 0.777. The highest BCUT2D eigenvalue weighted by molar-refractivity contribution is 9.10. The normalized spacial score (nSPS) is 16.7. The molecule has 5 heteroatoms. The fourth-order valence-electron chi connectivity index (χ4n) is 3.91. The van der Waals surface area contributed by atoms with Crippen LogP contribution in [0.1, 0.15) is 59.9 Å². The number of benzene rings is 1. The molecule has 1 amide bonds. The Morgan fingerprint density at radius 1 is 1.12 bits per heavy atom. The number of amides is 1. The molecule has 1 N–H and O–H groups in total. The first-order valence-electron chi connectivity index (χ1n) is 9.35. The van der Waals surface area contributed by atoms with Crippen LogP contribution in [0.15, 0.2) is 40.9 Å². The molecule has 4 nitrogen and oxygen atoms in total. The maximum Gasteiger partial charge on any atom is 0.268 e. The van der Waals surface area contributed by atoms with Gasteiger partial charge in [-0.2, -0.15) is 0 Å². The first kappa shape index (κ1) is 19.2. The lowest BCUT2D eigenvalue weighted by Crippen LogP contribution is -2.37. The lowest BCUT2D eigenvalue weighted by atomic mass is 9.95. The molecular weight excluding hydrogens is 390 g/mol. The molecule has 0 spiro atoms. The molecule has 3 rings (SSSR count). The number of nitrogens with one attached hydrogen (secondary N) is 1. The molecule has 0 aliphatic heterocycles. The summed E-state index contributed by atoms with van der Waals surface area (Å²) in [5, 5.41) is 3.23. The van der Waals surface area contributed by atoms with E-state index in [2.05, 4.69) is 70.6 Å². The van der Waals surface area contributed by atoms with Crippen molar-refractivity contribution < 1.29 is 4.79 Å². The summed E-state index contributed by atoms with van der Waals surface area (Å²) in [5.41, 5.74) is 3.05. The highest BCUT2D eigenvalue weighted by Crippen LogP contribution is 2.29. The van der Waals surface area contributed by atoms with Crippen LogP contribution in [0.4, 0.5) is 0 Å². The van der Waals surface area contributed by atoms with Crippen molar-refractivity contribution >= 4 is 21.8 Å². The molecule has 0 radical (unpaired) electrons. The van der Waals surface area contributed by atoms with Crippen molar-refractivity contribution in [3.8, 4) is 0 Å². The number of halogens is 1. The summed E-state index contributed by atoms with van der Waals surface area (Å²) in [6.45, 7) is 0. The molecule has 1 atom stereocenters. The van der Waals surface area contributed by atoms with E-state index in [-0.39, 0.29) is 11.9 Å². The van der Waals surface area contributed by atoms with Gasteiger partial charge in [-0.15, -0.1) is 0 Å². The first-order chi connectivity index (χ1) is 12.5. The van der Waals surface area contributed by atoms with Gasteiger partial charge in [-0.3, -0.25) is 9.69 Å². The largest absolute Gasteiger partial charge is 0.348 e. The van der Waals surface area contributed by atoms with E-state index in [4.69, 9.17) is 0 Å². The monoisotopic (exact) mass is 417 g/mol. The van der Waals surface area contributed by atoms with Gasteiger partial charge in [0.25, 0.3) is 5.91 Å². The van der Waals surface area contributed by atoms with Crippen molar-refractivity contribution in [2.75, 3.05) is 14.1 Å². The lowest BCUT2D eigenvalue weighted by molar-refractivity contribution is 0.0919. The maximum absolute atomic E-state index is 12.8. The molecule has 1 aromatic heterocycles. The topological polar surface area (TPSA) is 37.3 Å². The SMILES string of the molecule is CN(C)C(c1ccc(Br)cc1)c1ccc(C(=O)NC2CCCCC2)n1C. The van der Waals surface area contributed by atoms with Crippen molar-refractivity contribution in [1.82, 2.24) is 14.8 Å². The van der Waals surface area contributed by atoms with Gasteiger partial charge >= 0.3 is 0 Å². The smallest absolute Gasteiger partial charge is 0.268 e. The fourth-order valence-corrected chi connectivity index (χ4v) is 4.18. The molecule has 1 saturated carbocycles. The molecule has 1 aliphatic carbocycles. The Morgan fingerprint density at radius 2 is 1.77 bits per heavy atom. The van der Waals surface area contributed by atoms with E-state index in [9.17, 15) is 4.79 Å². The molecule has 2 aromatic rings. The van der Waals surface area contributed by atoms with Crippen LogP contribution in [0.2, 0.25) is 0 Å². The Hall–Kier alpha value is -1.59. The zero-order valence-electron chi connectivity index (χ0n) is 15.8. The molecule has 1 aliphatic rings. The summed E-state index contributed by atoms with van der Waals surface area (Å²) in [6.07, 6.45) is 5.92. The molecule has 1 fully saturated rings. The molecule has 140 valence electrons. The molecular formula is C21H28BrN3O. The highest BCUT2D eigenvalue weighted by atomic mass is 79.9. The maximum atomic E-state index is 12.8. The number of hydrogen-bond donors (Lipinski definition) is 1. The number of aromatic nitrogens is 1. The predicted molar refractivity (Wildman–Crippen MR) is 109 cm³/mol. The van der Waals surface area contributed by atoms with Crippen molar-refractivity contribution in [1.29, 1.82) is 0 Å². The number of carbonyl (C=O) groups excluding carboxylic acids is 1. The summed E-state index contributed by atoms with van der Waals surface area (Å²) in [4.78, 5) is 15.0. The van der Waals surface area contributed by atoms with Crippen molar-refractivity contribution in [3.05, 3.63) is 57.8 Å². The molecule has 1 unspecified atom stereocenters. The van der Waals surface area contributed by atoms with Gasteiger partial charge in [0.1, 0.15) is 5.69 Å². The van der Waals surface area contributed by atoms with Crippen molar-refractivity contribution in [3.63, 3.8) is 0 Å². The number of rotatable bonds is 5. The van der Waals surface area contributed by atoms with Gasteiger partial charge < -0.3 is 9.88 Å². The molecule has 1 heterocycles. The minimum Gasteiger partial charge on any atom is -0.348 e. The Kier molecular flexibility index (Phi) is 6.20. The van der Waals surface area contributed by atoms with E-state index in [0.717, 1.165) is 28.7 Å². The van der Waals surface area contributed by atoms with Crippen LogP contribution >= 0.6 is 15.9 Å². The first-order valence-corrected chi connectivity index (χ1v) is 10.1. The third-order valence-electron chi connectivity index (χ3n) is 5.32. The number of carbonyl (C=O) groups is 1. The zero-order valence-corrected chi connectivity index (χ0v) is 17.4. The minimum absolute atomic E-state index is 0.0407. The second-order valence-electron chi connectivity index (χ2n) is 7.43. The number of hydrogen-bond acceptors (Lipinski definition) is 2. The third-order valence-corrected chi connectivity index (χ3v) is 5.84. The van der Waals surface area contributed by atoms with Crippen molar-refractivity contribution in [2.24, 2.45) is 7.05 Å². The van der Waals surface area contributed by atoms with E-state index in [0.29, 0.717) is 6.04 Å². The van der Waals surface area contributed by atoms with Crippen molar-refractivity contribution in [2.45, 2.75) is 44.2 Å².